The summed E-state index contributed by atoms with van der Waals surface area (Å²) in [5.41, 5.74) is 1.99. The molecule has 1 aliphatic heterocycles. The van der Waals surface area contributed by atoms with E-state index >= 15 is 0 Å². The van der Waals surface area contributed by atoms with Gasteiger partial charge in [0.1, 0.15) is 10.5 Å². The van der Waals surface area contributed by atoms with Gasteiger partial charge in [-0.25, -0.2) is 28.7 Å². The van der Waals surface area contributed by atoms with Gasteiger partial charge in [-0.3, -0.25) is 14.2 Å². The molecule has 1 N–H and O–H groups in total. The van der Waals surface area contributed by atoms with Crippen LogP contribution in [-0.4, -0.2) is 65.8 Å². The summed E-state index contributed by atoms with van der Waals surface area (Å²) >= 11 is 2.61. The van der Waals surface area contributed by atoms with Crippen molar-refractivity contribution in [3.05, 3.63) is 35.6 Å². The monoisotopic (exact) mass is 502 g/mol. The lowest BCUT2D eigenvalue weighted by Gasteiger charge is -2.31. The number of carbonyl (C=O) groups excluding carboxylic acids is 1. The molecule has 0 bridgehead atoms. The van der Waals surface area contributed by atoms with Crippen molar-refractivity contribution >= 4 is 45.4 Å². The van der Waals surface area contributed by atoms with Crippen LogP contribution in [0.3, 0.4) is 0 Å². The summed E-state index contributed by atoms with van der Waals surface area (Å²) in [7, 11) is 1.81. The summed E-state index contributed by atoms with van der Waals surface area (Å²) < 4.78 is 31.8. The van der Waals surface area contributed by atoms with E-state index in [4.69, 9.17) is 4.98 Å². The number of anilines is 1. The van der Waals surface area contributed by atoms with E-state index in [-0.39, 0.29) is 31.8 Å². The number of nitrogens with zero attached hydrogens (tertiary/aromatic N) is 7. The van der Waals surface area contributed by atoms with Crippen molar-refractivity contribution in [1.82, 2.24) is 34.6 Å². The molecule has 5 heterocycles. The van der Waals surface area contributed by atoms with Gasteiger partial charge >= 0.3 is 0 Å². The second kappa shape index (κ2) is 8.87. The Kier molecular flexibility index (Phi) is 5.90. The van der Waals surface area contributed by atoms with Crippen molar-refractivity contribution in [2.24, 2.45) is 7.05 Å². The number of halogens is 2. The molecular weight excluding hydrogens is 482 g/mol. The van der Waals surface area contributed by atoms with E-state index in [1.165, 1.54) is 28.2 Å². The fraction of sp³-hybridized carbons (Fsp3) is 0.333. The van der Waals surface area contributed by atoms with Gasteiger partial charge in [0.25, 0.3) is 11.8 Å². The molecule has 176 valence electrons. The number of amides is 1. The minimum atomic E-state index is -2.72. The predicted octanol–water partition coefficient (Wildman–Crippen LogP) is 4.11. The van der Waals surface area contributed by atoms with Crippen LogP contribution in [0.15, 0.2) is 30.7 Å². The Morgan fingerprint density at radius 3 is 2.59 bits per heavy atom. The maximum Gasteiger partial charge on any atom is 0.264 e. The summed E-state index contributed by atoms with van der Waals surface area (Å²) in [6, 6.07) is 3.57. The SMILES string of the molecule is CSNc1ncc(-c2nc(-c3ccnn3C)c3cc(C(=O)N4CCC(F)(F)CC4)sc3n2)cn1. The van der Waals surface area contributed by atoms with Crippen LogP contribution in [0, 0.1) is 0 Å². The van der Waals surface area contributed by atoms with Crippen LogP contribution in [-0.2, 0) is 7.05 Å². The Balaban J connectivity index is 1.57. The van der Waals surface area contributed by atoms with Gasteiger partial charge in [-0.15, -0.1) is 11.3 Å². The van der Waals surface area contributed by atoms with Crippen molar-refractivity contribution in [2.75, 3.05) is 24.1 Å². The van der Waals surface area contributed by atoms with E-state index < -0.39 is 5.92 Å². The lowest BCUT2D eigenvalue weighted by molar-refractivity contribution is -0.0493. The van der Waals surface area contributed by atoms with Gasteiger partial charge in [-0.1, -0.05) is 11.9 Å². The van der Waals surface area contributed by atoms with Crippen LogP contribution in [0.4, 0.5) is 14.7 Å². The van der Waals surface area contributed by atoms with E-state index in [1.807, 2.05) is 12.3 Å². The molecular formula is C21H20F2N8OS2. The molecule has 13 heteroatoms. The maximum absolute atomic E-state index is 13.6. The number of aryl methyl sites for hydroxylation is 1. The first kappa shape index (κ1) is 22.6. The molecule has 0 atom stereocenters. The molecule has 1 aliphatic rings. The highest BCUT2D eigenvalue weighted by Crippen LogP contribution is 2.35. The molecule has 0 aromatic carbocycles. The molecule has 9 nitrogen and oxygen atoms in total. The number of likely N-dealkylation sites (tertiary alicyclic amines) is 1. The van der Waals surface area contributed by atoms with Gasteiger partial charge < -0.3 is 4.90 Å². The lowest BCUT2D eigenvalue weighted by Crippen LogP contribution is -2.42. The summed E-state index contributed by atoms with van der Waals surface area (Å²) in [4.78, 5) is 33.6. The third-order valence-corrected chi connectivity index (χ3v) is 6.96. The highest BCUT2D eigenvalue weighted by atomic mass is 32.2. The zero-order chi connectivity index (χ0) is 23.9. The second-order valence-electron chi connectivity index (χ2n) is 7.82. The number of nitrogens with one attached hydrogen (secondary N) is 1. The summed E-state index contributed by atoms with van der Waals surface area (Å²) in [6.07, 6.45) is 6.16. The standard InChI is InChI=1S/C21H20F2N8OS2/c1-30-14(3-6-26-30)16-13-9-15(19(32)31-7-4-21(22,23)5-8-31)34-18(13)28-17(27-16)12-10-24-20(25-11-12)29-33-2/h3,6,9-11H,4-5,7-8H2,1-2H3,(H,24,25,29). The molecule has 0 saturated carbocycles. The summed E-state index contributed by atoms with van der Waals surface area (Å²) in [5.74, 6) is -2.10. The molecule has 1 fully saturated rings. The highest BCUT2D eigenvalue weighted by Gasteiger charge is 2.36. The zero-order valence-electron chi connectivity index (χ0n) is 18.3. The number of alkyl halides is 2. The van der Waals surface area contributed by atoms with Crippen LogP contribution in [0.1, 0.15) is 22.5 Å². The molecule has 0 spiro atoms. The van der Waals surface area contributed by atoms with Crippen LogP contribution in [0.25, 0.3) is 33.0 Å². The molecule has 0 radical (unpaired) electrons. The Morgan fingerprint density at radius 2 is 1.94 bits per heavy atom. The van der Waals surface area contributed by atoms with Crippen molar-refractivity contribution in [1.29, 1.82) is 0 Å². The number of aromatic nitrogens is 6. The Labute approximate surface area is 201 Å². The van der Waals surface area contributed by atoms with E-state index in [0.717, 1.165) is 5.69 Å². The molecule has 0 unspecified atom stereocenters. The zero-order valence-corrected chi connectivity index (χ0v) is 20.0. The van der Waals surface area contributed by atoms with Gasteiger partial charge in [-0.2, -0.15) is 5.10 Å². The normalized spacial score (nSPS) is 15.6. The van der Waals surface area contributed by atoms with E-state index in [2.05, 4.69) is 24.8 Å². The smallest absolute Gasteiger partial charge is 0.264 e. The minimum absolute atomic E-state index is 0.0271. The van der Waals surface area contributed by atoms with Crippen LogP contribution >= 0.6 is 23.3 Å². The molecule has 5 rings (SSSR count). The fourth-order valence-electron chi connectivity index (χ4n) is 3.74. The van der Waals surface area contributed by atoms with Gasteiger partial charge in [0.05, 0.1) is 16.1 Å². The summed E-state index contributed by atoms with van der Waals surface area (Å²) in [6.45, 7) is 0.0543. The van der Waals surface area contributed by atoms with Crippen molar-refractivity contribution in [3.8, 4) is 22.8 Å². The van der Waals surface area contributed by atoms with E-state index in [0.29, 0.717) is 38.1 Å². The van der Waals surface area contributed by atoms with E-state index in [9.17, 15) is 13.6 Å². The number of piperidine rings is 1. The number of thiophene rings is 1. The molecule has 34 heavy (non-hydrogen) atoms. The molecule has 0 aliphatic carbocycles. The molecule has 1 saturated heterocycles. The van der Waals surface area contributed by atoms with Crippen molar-refractivity contribution in [2.45, 2.75) is 18.8 Å². The predicted molar refractivity (Wildman–Crippen MR) is 128 cm³/mol. The first-order chi connectivity index (χ1) is 16.3. The largest absolute Gasteiger partial charge is 0.338 e. The van der Waals surface area contributed by atoms with Gasteiger partial charge in [0.15, 0.2) is 5.82 Å². The van der Waals surface area contributed by atoms with Gasteiger partial charge in [-0.05, 0) is 12.1 Å². The quantitative estimate of drug-likeness (QED) is 0.407. The first-order valence-corrected chi connectivity index (χ1v) is 12.5. The maximum atomic E-state index is 13.6. The van der Waals surface area contributed by atoms with Gasteiger partial charge in [0.2, 0.25) is 5.95 Å². The van der Waals surface area contributed by atoms with Gasteiger partial charge in [0, 0.05) is 63.2 Å². The van der Waals surface area contributed by atoms with Crippen LogP contribution < -0.4 is 4.72 Å². The lowest BCUT2D eigenvalue weighted by atomic mass is 10.1. The molecule has 4 aromatic rings. The highest BCUT2D eigenvalue weighted by molar-refractivity contribution is 7.99. The Bertz CT molecular complexity index is 1340. The topological polar surface area (TPSA) is 102 Å². The van der Waals surface area contributed by atoms with Crippen LogP contribution in [0.5, 0.6) is 0 Å². The van der Waals surface area contributed by atoms with Crippen LogP contribution in [0.2, 0.25) is 0 Å². The van der Waals surface area contributed by atoms with Crippen molar-refractivity contribution < 1.29 is 13.6 Å². The second-order valence-corrected chi connectivity index (χ2v) is 9.46. The number of carbonyl (C=O) groups is 1. The third-order valence-electron chi connectivity index (χ3n) is 5.55. The number of hydrogen-bond acceptors (Lipinski definition) is 9. The molecule has 1 amide bonds. The minimum Gasteiger partial charge on any atom is -0.338 e. The Morgan fingerprint density at radius 1 is 1.21 bits per heavy atom. The van der Waals surface area contributed by atoms with Crippen molar-refractivity contribution in [3.63, 3.8) is 0 Å². The average Bonchev–Trinajstić information content (AvgIpc) is 3.45. The number of rotatable bonds is 5. The number of hydrogen-bond donors (Lipinski definition) is 1. The molecule has 4 aromatic heterocycles. The van der Waals surface area contributed by atoms with E-state index in [1.54, 1.807) is 36.4 Å². The number of fused-ring (bicyclic) bond motifs is 1. The third kappa shape index (κ3) is 4.32. The summed E-state index contributed by atoms with van der Waals surface area (Å²) in [5, 5.41) is 4.94. The first-order valence-electron chi connectivity index (χ1n) is 10.4. The fourth-order valence-corrected chi connectivity index (χ4v) is 5.02. The average molecular weight is 503 g/mol. The Hall–Kier alpha value is -3.19.